The van der Waals surface area contributed by atoms with Gasteiger partial charge in [-0.05, 0) is 21.6 Å². The minimum Gasteiger partial charge on any atom is -0.432 e. The fourth-order valence-electron chi connectivity index (χ4n) is 1.01. The number of carbonyl (C=O) groups excluding carboxylic acids is 1. The van der Waals surface area contributed by atoms with Crippen molar-refractivity contribution in [3.8, 4) is 0 Å². The van der Waals surface area contributed by atoms with Gasteiger partial charge in [0, 0.05) is 0 Å². The van der Waals surface area contributed by atoms with Crippen molar-refractivity contribution in [3.05, 3.63) is 21.6 Å². The van der Waals surface area contributed by atoms with E-state index in [1.807, 2.05) is 21.6 Å². The predicted octanol–water partition coefficient (Wildman–Crippen LogP) is 3.69. The third-order valence-electron chi connectivity index (χ3n) is 1.71. The van der Waals surface area contributed by atoms with Crippen LogP contribution in [-0.2, 0) is 9.47 Å². The molecule has 0 aromatic carbocycles. The number of thioether (sulfide) groups is 4. The van der Waals surface area contributed by atoms with Gasteiger partial charge in [0.15, 0.2) is 0 Å². The molecule has 0 atom stereocenters. The molecule has 3 nitrogen and oxygen atoms in total. The summed E-state index contributed by atoms with van der Waals surface area (Å²) in [6, 6.07) is 0. The third-order valence-corrected chi connectivity index (χ3v) is 6.32. The molecule has 0 bridgehead atoms. The van der Waals surface area contributed by atoms with E-state index in [0.29, 0.717) is 13.2 Å². The summed E-state index contributed by atoms with van der Waals surface area (Å²) in [5.41, 5.74) is 0. The summed E-state index contributed by atoms with van der Waals surface area (Å²) < 4.78 is 10.6. The summed E-state index contributed by atoms with van der Waals surface area (Å²) in [7, 11) is 0. The average Bonchev–Trinajstić information content (AvgIpc) is 2.96. The Bertz CT molecular complexity index is 261. The molecule has 2 rings (SSSR count). The van der Waals surface area contributed by atoms with Crippen LogP contribution in [0.15, 0.2) is 21.6 Å². The zero-order valence-electron chi connectivity index (χ0n) is 8.24. The fraction of sp³-hybridized carbons (Fsp3) is 0.444. The Morgan fingerprint density at radius 1 is 0.875 bits per heavy atom. The van der Waals surface area contributed by atoms with Crippen LogP contribution in [0, 0.1) is 0 Å². The van der Waals surface area contributed by atoms with Crippen molar-refractivity contribution in [1.82, 2.24) is 0 Å². The zero-order valence-corrected chi connectivity index (χ0v) is 11.5. The Kier molecular flexibility index (Phi) is 5.34. The van der Waals surface area contributed by atoms with Crippen molar-refractivity contribution in [2.75, 3.05) is 13.2 Å². The van der Waals surface area contributed by atoms with Gasteiger partial charge < -0.3 is 9.47 Å². The molecule has 2 aliphatic rings. The summed E-state index contributed by atoms with van der Waals surface area (Å²) in [5.74, 6) is 0. The molecule has 0 saturated heterocycles. The lowest BCUT2D eigenvalue weighted by molar-refractivity contribution is 0.0623. The van der Waals surface area contributed by atoms with Gasteiger partial charge in [0.05, 0.1) is 9.16 Å². The maximum atomic E-state index is 11.2. The van der Waals surface area contributed by atoms with Gasteiger partial charge in [-0.25, -0.2) is 4.79 Å². The first kappa shape index (κ1) is 12.6. The zero-order chi connectivity index (χ0) is 11.2. The van der Waals surface area contributed by atoms with E-state index < -0.39 is 6.16 Å². The van der Waals surface area contributed by atoms with E-state index in [-0.39, 0.29) is 9.16 Å². The van der Waals surface area contributed by atoms with Gasteiger partial charge in [0.2, 0.25) is 0 Å². The highest BCUT2D eigenvalue weighted by molar-refractivity contribution is 8.22. The smallest absolute Gasteiger partial charge is 0.432 e. The molecule has 88 valence electrons. The Morgan fingerprint density at radius 3 is 1.62 bits per heavy atom. The topological polar surface area (TPSA) is 35.5 Å². The van der Waals surface area contributed by atoms with Gasteiger partial charge in [-0.1, -0.05) is 0 Å². The molecule has 7 heteroatoms. The highest BCUT2D eigenvalue weighted by atomic mass is 32.2. The fourth-order valence-corrected chi connectivity index (χ4v) is 4.61. The van der Waals surface area contributed by atoms with Crippen LogP contribution in [0.1, 0.15) is 0 Å². The Labute approximate surface area is 111 Å². The van der Waals surface area contributed by atoms with Crippen molar-refractivity contribution in [2.24, 2.45) is 0 Å². The van der Waals surface area contributed by atoms with Crippen LogP contribution < -0.4 is 0 Å². The van der Waals surface area contributed by atoms with Crippen molar-refractivity contribution < 1.29 is 14.3 Å². The molecule has 2 heterocycles. The first-order chi connectivity index (χ1) is 7.84. The monoisotopic (exact) mass is 294 g/mol. The Hall–Kier alpha value is 0.150. The van der Waals surface area contributed by atoms with E-state index >= 15 is 0 Å². The molecule has 0 aromatic rings. The summed E-state index contributed by atoms with van der Waals surface area (Å²) in [6.45, 7) is 0.786. The lowest BCUT2D eigenvalue weighted by Crippen LogP contribution is -2.16. The molecule has 0 unspecified atom stereocenters. The average molecular weight is 294 g/mol. The van der Waals surface area contributed by atoms with Crippen LogP contribution in [0.4, 0.5) is 4.79 Å². The lowest BCUT2D eigenvalue weighted by Gasteiger charge is -2.11. The highest BCUT2D eigenvalue weighted by Gasteiger charge is 2.17. The van der Waals surface area contributed by atoms with Gasteiger partial charge in [-0.2, -0.15) is 0 Å². The van der Waals surface area contributed by atoms with Gasteiger partial charge in [-0.15, -0.1) is 47.0 Å². The van der Waals surface area contributed by atoms with E-state index in [4.69, 9.17) is 9.47 Å². The first-order valence-electron chi connectivity index (χ1n) is 4.56. The SMILES string of the molecule is O=C(OCC1SC=CS1)OCC1SC=CS1. The van der Waals surface area contributed by atoms with Crippen LogP contribution in [0.25, 0.3) is 0 Å². The van der Waals surface area contributed by atoms with Crippen LogP contribution in [0.2, 0.25) is 0 Å². The van der Waals surface area contributed by atoms with Crippen molar-refractivity contribution >= 4 is 53.2 Å². The second-order valence-electron chi connectivity index (χ2n) is 2.82. The standard InChI is InChI=1S/C9H10O3S4/c10-9(11-5-7-13-1-2-14-7)12-6-8-15-3-4-16-8/h1-4,7-8H,5-6H2. The summed E-state index contributed by atoms with van der Waals surface area (Å²) >= 11 is 6.64. The van der Waals surface area contributed by atoms with Crippen LogP contribution in [0.5, 0.6) is 0 Å². The molecule has 0 aromatic heterocycles. The van der Waals surface area contributed by atoms with Crippen molar-refractivity contribution in [3.63, 3.8) is 0 Å². The Morgan fingerprint density at radius 2 is 1.25 bits per heavy atom. The van der Waals surface area contributed by atoms with E-state index in [1.54, 1.807) is 47.0 Å². The number of hydrogen-bond donors (Lipinski definition) is 0. The number of carbonyl (C=O) groups is 1. The predicted molar refractivity (Wildman–Crippen MR) is 73.5 cm³/mol. The van der Waals surface area contributed by atoms with Crippen LogP contribution in [-0.4, -0.2) is 28.5 Å². The molecule has 0 N–H and O–H groups in total. The summed E-state index contributed by atoms with van der Waals surface area (Å²) in [4.78, 5) is 11.2. The van der Waals surface area contributed by atoms with Gasteiger partial charge in [0.1, 0.15) is 13.2 Å². The molecular weight excluding hydrogens is 284 g/mol. The second-order valence-corrected chi connectivity index (χ2v) is 7.87. The summed E-state index contributed by atoms with van der Waals surface area (Å²) in [5, 5.41) is 8.01. The van der Waals surface area contributed by atoms with E-state index in [2.05, 4.69) is 0 Å². The molecule has 0 saturated carbocycles. The molecule has 2 aliphatic heterocycles. The molecule has 0 spiro atoms. The number of ether oxygens (including phenoxy) is 2. The molecular formula is C9H10O3S4. The molecule has 0 fully saturated rings. The van der Waals surface area contributed by atoms with E-state index in [1.165, 1.54) is 0 Å². The largest absolute Gasteiger partial charge is 0.508 e. The van der Waals surface area contributed by atoms with Gasteiger partial charge in [0.25, 0.3) is 0 Å². The maximum absolute atomic E-state index is 11.2. The van der Waals surface area contributed by atoms with Gasteiger partial charge in [-0.3, -0.25) is 0 Å². The minimum atomic E-state index is -0.568. The first-order valence-corrected chi connectivity index (χ1v) is 8.33. The molecule has 0 amide bonds. The number of hydrogen-bond acceptors (Lipinski definition) is 7. The van der Waals surface area contributed by atoms with E-state index in [0.717, 1.165) is 0 Å². The normalized spacial score (nSPS) is 20.5. The van der Waals surface area contributed by atoms with Crippen molar-refractivity contribution in [2.45, 2.75) is 9.16 Å². The summed E-state index contributed by atoms with van der Waals surface area (Å²) in [6.07, 6.45) is -0.568. The number of rotatable bonds is 4. The minimum absolute atomic E-state index is 0.282. The maximum Gasteiger partial charge on any atom is 0.508 e. The lowest BCUT2D eigenvalue weighted by atomic mass is 10.8. The van der Waals surface area contributed by atoms with Gasteiger partial charge >= 0.3 is 6.16 Å². The third kappa shape index (κ3) is 4.20. The quantitative estimate of drug-likeness (QED) is 0.732. The van der Waals surface area contributed by atoms with Crippen LogP contribution in [0.3, 0.4) is 0 Å². The van der Waals surface area contributed by atoms with E-state index in [9.17, 15) is 4.79 Å². The van der Waals surface area contributed by atoms with Crippen molar-refractivity contribution in [1.29, 1.82) is 0 Å². The highest BCUT2D eigenvalue weighted by Crippen LogP contribution is 2.34. The second kappa shape index (κ2) is 6.78. The Balaban J connectivity index is 1.53. The molecule has 0 radical (unpaired) electrons. The van der Waals surface area contributed by atoms with Crippen LogP contribution >= 0.6 is 47.0 Å². The molecule has 16 heavy (non-hydrogen) atoms. The molecule has 0 aliphatic carbocycles.